The first kappa shape index (κ1) is 14.8. The number of rotatable bonds is 5. The largest absolute Gasteiger partial charge is 0.399 e. The maximum Gasteiger partial charge on any atom is 0.253 e. The molecule has 4 nitrogen and oxygen atoms in total. The number of nitrogens with two attached hydrogens (primary N) is 1. The van der Waals surface area contributed by atoms with Gasteiger partial charge in [0.2, 0.25) is 0 Å². The normalized spacial score (nSPS) is 12.5. The molecule has 0 aliphatic carbocycles. The quantitative estimate of drug-likeness (QED) is 0.807. The average molecular weight is 271 g/mol. The van der Waals surface area contributed by atoms with Crippen LogP contribution in [0.1, 0.15) is 24.2 Å². The summed E-state index contributed by atoms with van der Waals surface area (Å²) in [5.41, 5.74) is 6.55. The lowest BCUT2D eigenvalue weighted by atomic mass is 10.0. The summed E-state index contributed by atoms with van der Waals surface area (Å²) in [5, 5.41) is 3.26. The zero-order chi connectivity index (χ0) is 13.7. The summed E-state index contributed by atoms with van der Waals surface area (Å²) in [6.07, 6.45) is 0. The van der Waals surface area contributed by atoms with E-state index in [4.69, 9.17) is 22.1 Å². The highest BCUT2D eigenvalue weighted by Gasteiger charge is 2.18. The maximum absolute atomic E-state index is 12.1. The minimum absolute atomic E-state index is 0.0453. The summed E-state index contributed by atoms with van der Waals surface area (Å²) in [6.45, 7) is 4.51. The third-order valence-electron chi connectivity index (χ3n) is 2.71. The zero-order valence-corrected chi connectivity index (χ0v) is 11.6. The van der Waals surface area contributed by atoms with Crippen molar-refractivity contribution in [1.82, 2.24) is 5.32 Å². The van der Waals surface area contributed by atoms with Crippen LogP contribution in [0.4, 0.5) is 5.69 Å². The zero-order valence-electron chi connectivity index (χ0n) is 10.9. The van der Waals surface area contributed by atoms with Crippen molar-refractivity contribution in [3.05, 3.63) is 28.8 Å². The number of carbonyl (C=O) groups excluding carboxylic acids is 1. The number of nitrogens with one attached hydrogen (secondary N) is 1. The Morgan fingerprint density at radius 2 is 2.17 bits per heavy atom. The van der Waals surface area contributed by atoms with Gasteiger partial charge in [-0.3, -0.25) is 4.79 Å². The van der Waals surface area contributed by atoms with Crippen molar-refractivity contribution in [3.8, 4) is 0 Å². The average Bonchev–Trinajstić information content (AvgIpc) is 2.27. The molecule has 1 amide bonds. The number of hydrogen-bond acceptors (Lipinski definition) is 3. The Bertz CT molecular complexity index is 421. The smallest absolute Gasteiger partial charge is 0.253 e. The molecule has 0 radical (unpaired) electrons. The number of anilines is 1. The first-order valence-corrected chi connectivity index (χ1v) is 6.18. The Morgan fingerprint density at radius 1 is 1.50 bits per heavy atom. The Labute approximate surface area is 112 Å². The maximum atomic E-state index is 12.1. The van der Waals surface area contributed by atoms with E-state index >= 15 is 0 Å². The topological polar surface area (TPSA) is 64.3 Å². The van der Waals surface area contributed by atoms with Crippen LogP contribution in [-0.4, -0.2) is 25.7 Å². The summed E-state index contributed by atoms with van der Waals surface area (Å²) in [7, 11) is 1.61. The van der Waals surface area contributed by atoms with Gasteiger partial charge in [0.25, 0.3) is 5.91 Å². The van der Waals surface area contributed by atoms with Gasteiger partial charge in [0.1, 0.15) is 0 Å². The number of hydrogen-bond donors (Lipinski definition) is 2. The molecule has 0 aliphatic heterocycles. The van der Waals surface area contributed by atoms with Gasteiger partial charge in [-0.25, -0.2) is 0 Å². The molecule has 0 aliphatic rings. The number of methoxy groups -OCH3 is 1. The van der Waals surface area contributed by atoms with Gasteiger partial charge in [0, 0.05) is 12.8 Å². The Hall–Kier alpha value is -1.26. The van der Waals surface area contributed by atoms with E-state index < -0.39 is 0 Å². The van der Waals surface area contributed by atoms with Crippen LogP contribution >= 0.6 is 11.6 Å². The molecule has 0 saturated heterocycles. The van der Waals surface area contributed by atoms with Gasteiger partial charge >= 0.3 is 0 Å². The predicted molar refractivity (Wildman–Crippen MR) is 73.8 cm³/mol. The van der Waals surface area contributed by atoms with Gasteiger partial charge < -0.3 is 15.8 Å². The molecule has 1 aromatic carbocycles. The molecular formula is C13H19ClN2O2. The summed E-state index contributed by atoms with van der Waals surface area (Å²) in [4.78, 5) is 12.1. The molecule has 0 heterocycles. The predicted octanol–water partition coefficient (Wildman–Crippen LogP) is 2.32. The lowest BCUT2D eigenvalue weighted by Crippen LogP contribution is -2.41. The van der Waals surface area contributed by atoms with Crippen LogP contribution in [0.25, 0.3) is 0 Å². The summed E-state index contributed by atoms with van der Waals surface area (Å²) in [5.74, 6) is 0.0669. The second-order valence-electron chi connectivity index (χ2n) is 4.52. The molecule has 1 atom stereocenters. The first-order chi connectivity index (χ1) is 8.45. The molecule has 1 aromatic rings. The van der Waals surface area contributed by atoms with Crippen molar-refractivity contribution in [2.45, 2.75) is 19.9 Å². The molecule has 5 heteroatoms. The van der Waals surface area contributed by atoms with E-state index in [1.165, 1.54) is 0 Å². The minimum atomic E-state index is -0.212. The SMILES string of the molecule is COCC(NC(=O)c1ccc(N)cc1Cl)C(C)C. The van der Waals surface area contributed by atoms with E-state index in [1.807, 2.05) is 13.8 Å². The third-order valence-corrected chi connectivity index (χ3v) is 3.02. The number of carbonyl (C=O) groups is 1. The Balaban J connectivity index is 2.80. The van der Waals surface area contributed by atoms with Crippen LogP contribution in [-0.2, 0) is 4.74 Å². The number of ether oxygens (including phenoxy) is 1. The van der Waals surface area contributed by atoms with Crippen LogP contribution in [0.2, 0.25) is 5.02 Å². The van der Waals surface area contributed by atoms with Gasteiger partial charge in [0.15, 0.2) is 0 Å². The first-order valence-electron chi connectivity index (χ1n) is 5.80. The lowest BCUT2D eigenvalue weighted by Gasteiger charge is -2.21. The molecule has 0 bridgehead atoms. The minimum Gasteiger partial charge on any atom is -0.399 e. The molecule has 1 rings (SSSR count). The van der Waals surface area contributed by atoms with Crippen molar-refractivity contribution >= 4 is 23.2 Å². The fourth-order valence-electron chi connectivity index (χ4n) is 1.54. The van der Waals surface area contributed by atoms with Crippen molar-refractivity contribution in [1.29, 1.82) is 0 Å². The summed E-state index contributed by atoms with van der Waals surface area (Å²) >= 11 is 5.99. The fourth-order valence-corrected chi connectivity index (χ4v) is 1.82. The van der Waals surface area contributed by atoms with Gasteiger partial charge in [-0.1, -0.05) is 25.4 Å². The van der Waals surface area contributed by atoms with Gasteiger partial charge in [0.05, 0.1) is 23.2 Å². The van der Waals surface area contributed by atoms with Crippen molar-refractivity contribution in [2.75, 3.05) is 19.5 Å². The molecule has 1 unspecified atom stereocenters. The van der Waals surface area contributed by atoms with E-state index in [9.17, 15) is 4.79 Å². The van der Waals surface area contributed by atoms with Crippen molar-refractivity contribution < 1.29 is 9.53 Å². The van der Waals surface area contributed by atoms with E-state index in [1.54, 1.807) is 25.3 Å². The molecular weight excluding hydrogens is 252 g/mol. The van der Waals surface area contributed by atoms with E-state index in [0.29, 0.717) is 22.9 Å². The fraction of sp³-hybridized carbons (Fsp3) is 0.462. The van der Waals surface area contributed by atoms with Gasteiger partial charge in [-0.15, -0.1) is 0 Å². The van der Waals surface area contributed by atoms with Gasteiger partial charge in [-0.05, 0) is 24.1 Å². The van der Waals surface area contributed by atoms with Gasteiger partial charge in [-0.2, -0.15) is 0 Å². The third kappa shape index (κ3) is 3.89. The van der Waals surface area contributed by atoms with E-state index in [2.05, 4.69) is 5.32 Å². The molecule has 18 heavy (non-hydrogen) atoms. The van der Waals surface area contributed by atoms with Crippen LogP contribution in [0.5, 0.6) is 0 Å². The highest BCUT2D eigenvalue weighted by molar-refractivity contribution is 6.34. The van der Waals surface area contributed by atoms with Crippen LogP contribution in [0.15, 0.2) is 18.2 Å². The van der Waals surface area contributed by atoms with Crippen LogP contribution < -0.4 is 11.1 Å². The molecule has 100 valence electrons. The number of amides is 1. The highest BCUT2D eigenvalue weighted by Crippen LogP contribution is 2.19. The monoisotopic (exact) mass is 270 g/mol. The molecule has 0 spiro atoms. The standard InChI is InChI=1S/C13H19ClN2O2/c1-8(2)12(7-18-3)16-13(17)10-5-4-9(15)6-11(10)14/h4-6,8,12H,7,15H2,1-3H3,(H,16,17). The number of halogens is 1. The summed E-state index contributed by atoms with van der Waals surface area (Å²) in [6, 6.07) is 4.80. The Kier molecular flexibility index (Phi) is 5.44. The Morgan fingerprint density at radius 3 is 2.67 bits per heavy atom. The van der Waals surface area contributed by atoms with E-state index in [-0.39, 0.29) is 17.9 Å². The van der Waals surface area contributed by atoms with Crippen LogP contribution in [0.3, 0.4) is 0 Å². The van der Waals surface area contributed by atoms with Crippen molar-refractivity contribution in [2.24, 2.45) is 5.92 Å². The van der Waals surface area contributed by atoms with Crippen LogP contribution in [0, 0.1) is 5.92 Å². The molecule has 0 fully saturated rings. The summed E-state index contributed by atoms with van der Waals surface area (Å²) < 4.78 is 5.08. The van der Waals surface area contributed by atoms with Crippen molar-refractivity contribution in [3.63, 3.8) is 0 Å². The molecule has 0 saturated carbocycles. The van der Waals surface area contributed by atoms with E-state index in [0.717, 1.165) is 0 Å². The second-order valence-corrected chi connectivity index (χ2v) is 4.93. The highest BCUT2D eigenvalue weighted by atomic mass is 35.5. The number of benzene rings is 1. The molecule has 0 aromatic heterocycles. The number of nitrogen functional groups attached to an aromatic ring is 1. The molecule has 3 N–H and O–H groups in total. The second kappa shape index (κ2) is 6.61. The lowest BCUT2D eigenvalue weighted by molar-refractivity contribution is 0.0867.